The Labute approximate surface area is 194 Å². The van der Waals surface area contributed by atoms with Gasteiger partial charge in [0.1, 0.15) is 18.8 Å². The Morgan fingerprint density at radius 3 is 2.24 bits per heavy atom. The summed E-state index contributed by atoms with van der Waals surface area (Å²) in [4.78, 5) is 28.3. The molecule has 0 bridgehead atoms. The van der Waals surface area contributed by atoms with Gasteiger partial charge in [-0.1, -0.05) is 36.0 Å². The molecule has 0 aliphatic carbocycles. The summed E-state index contributed by atoms with van der Waals surface area (Å²) in [6, 6.07) is 19.1. The normalized spacial score (nSPS) is 13.6. The van der Waals surface area contributed by atoms with Gasteiger partial charge in [0.15, 0.2) is 11.5 Å². The fraction of sp³-hybridized carbons (Fsp3) is 0.208. The van der Waals surface area contributed by atoms with Gasteiger partial charge in [0.2, 0.25) is 0 Å². The average Bonchev–Trinajstić information content (AvgIpc) is 2.85. The lowest BCUT2D eigenvalue weighted by atomic mass is 10.1. The molecule has 1 N–H and O–H groups in total. The second kappa shape index (κ2) is 9.03. The fourth-order valence-electron chi connectivity index (χ4n) is 3.97. The SMILES string of the molecule is O=C(NCCCN1c2ccccc2Sc2ccccc21)c1cc2c(cc1[N+](=O)[O-])OCCO2. The van der Waals surface area contributed by atoms with Crippen LogP contribution in [-0.4, -0.2) is 37.1 Å². The Kier molecular flexibility index (Phi) is 5.78. The molecule has 5 rings (SSSR count). The largest absolute Gasteiger partial charge is 0.486 e. The minimum absolute atomic E-state index is 0.0330. The number of carbonyl (C=O) groups is 1. The minimum Gasteiger partial charge on any atom is -0.486 e. The predicted molar refractivity (Wildman–Crippen MR) is 125 cm³/mol. The number of anilines is 2. The number of nitro groups is 1. The zero-order valence-electron chi connectivity index (χ0n) is 17.7. The Hall–Kier alpha value is -3.72. The molecule has 0 fully saturated rings. The Morgan fingerprint density at radius 2 is 1.61 bits per heavy atom. The molecule has 8 nitrogen and oxygen atoms in total. The van der Waals surface area contributed by atoms with E-state index in [1.165, 1.54) is 21.9 Å². The molecule has 0 radical (unpaired) electrons. The van der Waals surface area contributed by atoms with Crippen LogP contribution in [0.15, 0.2) is 70.5 Å². The molecule has 168 valence electrons. The molecule has 2 heterocycles. The number of hydrogen-bond acceptors (Lipinski definition) is 7. The smallest absolute Gasteiger partial charge is 0.286 e. The highest BCUT2D eigenvalue weighted by Gasteiger charge is 2.27. The van der Waals surface area contributed by atoms with Crippen LogP contribution >= 0.6 is 11.8 Å². The van der Waals surface area contributed by atoms with E-state index in [1.54, 1.807) is 11.8 Å². The summed E-state index contributed by atoms with van der Waals surface area (Å²) in [5.74, 6) is 0.120. The number of amides is 1. The van der Waals surface area contributed by atoms with Crippen molar-refractivity contribution in [3.05, 3.63) is 76.3 Å². The lowest BCUT2D eigenvalue weighted by Crippen LogP contribution is -2.29. The quantitative estimate of drug-likeness (QED) is 0.319. The summed E-state index contributed by atoms with van der Waals surface area (Å²) < 4.78 is 10.9. The van der Waals surface area contributed by atoms with E-state index in [1.807, 2.05) is 24.3 Å². The summed E-state index contributed by atoms with van der Waals surface area (Å²) in [6.07, 6.45) is 0.664. The highest BCUT2D eigenvalue weighted by atomic mass is 32.2. The first-order chi connectivity index (χ1) is 16.1. The maximum absolute atomic E-state index is 12.8. The first-order valence-corrected chi connectivity index (χ1v) is 11.4. The lowest BCUT2D eigenvalue weighted by molar-refractivity contribution is -0.385. The third kappa shape index (κ3) is 4.19. The van der Waals surface area contributed by atoms with Gasteiger partial charge < -0.3 is 19.7 Å². The molecule has 0 unspecified atom stereocenters. The zero-order valence-corrected chi connectivity index (χ0v) is 18.5. The highest BCUT2D eigenvalue weighted by Crippen LogP contribution is 2.47. The van der Waals surface area contributed by atoms with Crippen LogP contribution in [0.4, 0.5) is 17.1 Å². The first-order valence-electron chi connectivity index (χ1n) is 10.6. The second-order valence-corrected chi connectivity index (χ2v) is 8.65. The molecule has 2 aliphatic rings. The van der Waals surface area contributed by atoms with E-state index in [4.69, 9.17) is 9.47 Å². The van der Waals surface area contributed by atoms with Crippen LogP contribution in [0.3, 0.4) is 0 Å². The number of nitrogens with one attached hydrogen (secondary N) is 1. The van der Waals surface area contributed by atoms with Crippen LogP contribution in [0, 0.1) is 10.1 Å². The molecule has 0 saturated heterocycles. The predicted octanol–water partition coefficient (Wildman–Crippen LogP) is 4.79. The van der Waals surface area contributed by atoms with E-state index < -0.39 is 10.8 Å². The van der Waals surface area contributed by atoms with E-state index in [0.717, 1.165) is 11.4 Å². The van der Waals surface area contributed by atoms with Crippen LogP contribution in [0.2, 0.25) is 0 Å². The van der Waals surface area contributed by atoms with Gasteiger partial charge in [-0.15, -0.1) is 0 Å². The van der Waals surface area contributed by atoms with E-state index in [0.29, 0.717) is 38.5 Å². The first kappa shape index (κ1) is 21.1. The highest BCUT2D eigenvalue weighted by molar-refractivity contribution is 7.99. The molecule has 3 aromatic rings. The van der Waals surface area contributed by atoms with E-state index in [-0.39, 0.29) is 17.0 Å². The van der Waals surface area contributed by atoms with Crippen LogP contribution in [0.5, 0.6) is 11.5 Å². The average molecular weight is 464 g/mol. The maximum Gasteiger partial charge on any atom is 0.286 e. The molecule has 0 spiro atoms. The topological polar surface area (TPSA) is 93.9 Å². The van der Waals surface area contributed by atoms with Crippen LogP contribution in [0.1, 0.15) is 16.8 Å². The van der Waals surface area contributed by atoms with Crippen LogP contribution in [-0.2, 0) is 0 Å². The molecular weight excluding hydrogens is 442 g/mol. The monoisotopic (exact) mass is 463 g/mol. The summed E-state index contributed by atoms with van der Waals surface area (Å²) >= 11 is 1.75. The zero-order chi connectivity index (χ0) is 22.8. The Bertz CT molecular complexity index is 1190. The third-order valence-electron chi connectivity index (χ3n) is 5.48. The van der Waals surface area contributed by atoms with Crippen molar-refractivity contribution >= 4 is 34.7 Å². The number of benzene rings is 3. The number of fused-ring (bicyclic) bond motifs is 3. The molecule has 2 aliphatic heterocycles. The summed E-state index contributed by atoms with van der Waals surface area (Å²) in [5.41, 5.74) is 1.94. The van der Waals surface area contributed by atoms with Crippen LogP contribution < -0.4 is 19.7 Å². The second-order valence-electron chi connectivity index (χ2n) is 7.57. The molecule has 33 heavy (non-hydrogen) atoms. The number of nitro benzene ring substituents is 1. The standard InChI is InChI=1S/C24H21N3O5S/c28-24(16-14-20-21(32-13-12-31-20)15-19(16)27(29)30)25-10-5-11-26-17-6-1-3-8-22(17)33-23-9-4-2-7-18(23)26/h1-4,6-9,14-15H,5,10-13H2,(H,25,28). The van der Waals surface area contributed by atoms with Gasteiger partial charge in [0, 0.05) is 28.9 Å². The van der Waals surface area contributed by atoms with Gasteiger partial charge in [-0.3, -0.25) is 14.9 Å². The lowest BCUT2D eigenvalue weighted by Gasteiger charge is -2.32. The molecule has 0 saturated carbocycles. The Balaban J connectivity index is 1.28. The maximum atomic E-state index is 12.8. The van der Waals surface area contributed by atoms with Gasteiger partial charge in [-0.2, -0.15) is 0 Å². The van der Waals surface area contributed by atoms with Crippen LogP contribution in [0.25, 0.3) is 0 Å². The van der Waals surface area contributed by atoms with Crippen molar-refractivity contribution < 1.29 is 19.2 Å². The molecule has 0 aromatic heterocycles. The van der Waals surface area contributed by atoms with Crippen molar-refractivity contribution in [2.75, 3.05) is 31.2 Å². The molecule has 9 heteroatoms. The number of carbonyl (C=O) groups excluding carboxylic acids is 1. The van der Waals surface area contributed by atoms with Crippen molar-refractivity contribution in [1.29, 1.82) is 0 Å². The van der Waals surface area contributed by atoms with E-state index in [9.17, 15) is 14.9 Å². The van der Waals surface area contributed by atoms with Gasteiger partial charge in [-0.05, 0) is 30.7 Å². The Morgan fingerprint density at radius 1 is 1.00 bits per heavy atom. The van der Waals surface area contributed by atoms with Crippen molar-refractivity contribution in [3.63, 3.8) is 0 Å². The molecular formula is C24H21N3O5S. The van der Waals surface area contributed by atoms with E-state index in [2.05, 4.69) is 34.5 Å². The van der Waals surface area contributed by atoms with E-state index >= 15 is 0 Å². The van der Waals surface area contributed by atoms with Crippen molar-refractivity contribution in [2.45, 2.75) is 16.2 Å². The van der Waals surface area contributed by atoms with Gasteiger partial charge >= 0.3 is 0 Å². The van der Waals surface area contributed by atoms with Gasteiger partial charge in [0.05, 0.1) is 22.4 Å². The molecule has 0 atom stereocenters. The summed E-state index contributed by atoms with van der Waals surface area (Å²) in [7, 11) is 0. The van der Waals surface area contributed by atoms with Crippen molar-refractivity contribution in [2.24, 2.45) is 0 Å². The fourth-order valence-corrected chi connectivity index (χ4v) is 5.06. The number of nitrogens with zero attached hydrogens (tertiary/aromatic N) is 2. The summed E-state index contributed by atoms with van der Waals surface area (Å²) in [5, 5.41) is 14.3. The number of rotatable bonds is 6. The third-order valence-corrected chi connectivity index (χ3v) is 6.61. The van der Waals surface area contributed by atoms with Gasteiger partial charge in [-0.25, -0.2) is 0 Å². The minimum atomic E-state index is -0.577. The van der Waals surface area contributed by atoms with Gasteiger partial charge in [0.25, 0.3) is 11.6 Å². The molecule has 3 aromatic carbocycles. The number of para-hydroxylation sites is 2. The van der Waals surface area contributed by atoms with Crippen molar-refractivity contribution in [3.8, 4) is 11.5 Å². The molecule has 1 amide bonds. The summed E-state index contributed by atoms with van der Waals surface area (Å²) in [6.45, 7) is 1.72. The number of hydrogen-bond donors (Lipinski definition) is 1. The number of ether oxygens (including phenoxy) is 2. The van der Waals surface area contributed by atoms with Crippen molar-refractivity contribution in [1.82, 2.24) is 5.32 Å².